The maximum absolute atomic E-state index is 5.87. The summed E-state index contributed by atoms with van der Waals surface area (Å²) >= 11 is 0. The van der Waals surface area contributed by atoms with Gasteiger partial charge >= 0.3 is 0 Å². The molecule has 0 amide bonds. The molecule has 0 saturated carbocycles. The molecule has 2 atom stereocenters. The minimum absolute atomic E-state index is 0. The van der Waals surface area contributed by atoms with Gasteiger partial charge in [0.1, 0.15) is 11.9 Å². The minimum Gasteiger partial charge on any atom is -0.467 e. The monoisotopic (exact) mass is 421 g/mol. The second kappa shape index (κ2) is 8.73. The molecule has 2 unspecified atom stereocenters. The van der Waals surface area contributed by atoms with Crippen molar-refractivity contribution in [1.82, 2.24) is 10.2 Å². The van der Waals surface area contributed by atoms with Crippen LogP contribution >= 0.6 is 24.0 Å². The van der Waals surface area contributed by atoms with Crippen molar-refractivity contribution in [2.24, 2.45) is 4.99 Å². The first-order valence-corrected chi connectivity index (χ1v) is 7.58. The molecule has 0 radical (unpaired) electrons. The van der Waals surface area contributed by atoms with E-state index in [1.165, 1.54) is 0 Å². The van der Waals surface area contributed by atoms with Crippen LogP contribution in [0.3, 0.4) is 0 Å². The number of morpholine rings is 1. The number of guanidine groups is 1. The van der Waals surface area contributed by atoms with Crippen molar-refractivity contribution in [2.45, 2.75) is 31.6 Å². The summed E-state index contributed by atoms with van der Waals surface area (Å²) in [6, 6.07) is 3.84. The molecular weight excluding hydrogens is 397 g/mol. The highest BCUT2D eigenvalue weighted by Gasteiger charge is 2.32. The third-order valence-corrected chi connectivity index (χ3v) is 3.99. The third-order valence-electron chi connectivity index (χ3n) is 3.99. The van der Waals surface area contributed by atoms with Crippen LogP contribution in [0.2, 0.25) is 0 Å². The SMILES string of the molecule is CN=C(NCc1ccco1)N1CCOC(C2CCCO2)C1.I. The Bertz CT molecular complexity index is 461. The fourth-order valence-electron chi connectivity index (χ4n) is 2.90. The summed E-state index contributed by atoms with van der Waals surface area (Å²) in [5.41, 5.74) is 0. The van der Waals surface area contributed by atoms with Crippen molar-refractivity contribution in [1.29, 1.82) is 0 Å². The lowest BCUT2D eigenvalue weighted by molar-refractivity contribution is -0.0817. The van der Waals surface area contributed by atoms with Crippen LogP contribution in [0.15, 0.2) is 27.8 Å². The Kier molecular flexibility index (Phi) is 6.97. The van der Waals surface area contributed by atoms with Crippen molar-refractivity contribution < 1.29 is 13.9 Å². The van der Waals surface area contributed by atoms with Gasteiger partial charge in [-0.1, -0.05) is 0 Å². The fourth-order valence-corrected chi connectivity index (χ4v) is 2.90. The van der Waals surface area contributed by atoms with Gasteiger partial charge in [-0.3, -0.25) is 4.99 Å². The quantitative estimate of drug-likeness (QED) is 0.459. The second-order valence-electron chi connectivity index (χ2n) is 5.39. The van der Waals surface area contributed by atoms with Gasteiger partial charge in [0.2, 0.25) is 0 Å². The normalized spacial score (nSPS) is 25.9. The molecule has 2 aliphatic heterocycles. The van der Waals surface area contributed by atoms with Gasteiger partial charge in [-0.15, -0.1) is 24.0 Å². The maximum atomic E-state index is 5.87. The molecule has 2 saturated heterocycles. The Morgan fingerprint density at radius 1 is 1.36 bits per heavy atom. The predicted molar refractivity (Wildman–Crippen MR) is 94.6 cm³/mol. The molecule has 1 aromatic rings. The van der Waals surface area contributed by atoms with E-state index in [4.69, 9.17) is 13.9 Å². The van der Waals surface area contributed by atoms with Crippen LogP contribution in [0.5, 0.6) is 0 Å². The van der Waals surface area contributed by atoms with Crippen LogP contribution in [0.4, 0.5) is 0 Å². The number of ether oxygens (including phenoxy) is 2. The molecule has 3 rings (SSSR count). The summed E-state index contributed by atoms with van der Waals surface area (Å²) in [5.74, 6) is 1.79. The van der Waals surface area contributed by atoms with E-state index in [1.807, 2.05) is 12.1 Å². The molecule has 2 aliphatic rings. The van der Waals surface area contributed by atoms with Gasteiger partial charge in [-0.05, 0) is 25.0 Å². The number of hydrogen-bond acceptors (Lipinski definition) is 4. The highest BCUT2D eigenvalue weighted by Crippen LogP contribution is 2.21. The Morgan fingerprint density at radius 2 is 2.23 bits per heavy atom. The average Bonchev–Trinajstić information content (AvgIpc) is 3.22. The molecule has 1 aromatic heterocycles. The standard InChI is InChI=1S/C15H23N3O3.HI/c1-16-15(17-10-12-4-2-7-19-12)18-6-9-21-14(11-18)13-5-3-8-20-13;/h2,4,7,13-14H,3,5-6,8-11H2,1H3,(H,16,17);1H. The topological polar surface area (TPSA) is 59.2 Å². The first-order chi connectivity index (χ1) is 10.4. The first kappa shape index (κ1) is 17.6. The van der Waals surface area contributed by atoms with E-state index in [0.29, 0.717) is 13.2 Å². The molecule has 0 bridgehead atoms. The van der Waals surface area contributed by atoms with E-state index in [9.17, 15) is 0 Å². The van der Waals surface area contributed by atoms with Gasteiger partial charge in [-0.25, -0.2) is 0 Å². The average molecular weight is 421 g/mol. The van der Waals surface area contributed by atoms with Gasteiger partial charge in [0.25, 0.3) is 0 Å². The zero-order valence-electron chi connectivity index (χ0n) is 12.9. The fraction of sp³-hybridized carbons (Fsp3) is 0.667. The predicted octanol–water partition coefficient (Wildman–Crippen LogP) is 1.85. The van der Waals surface area contributed by atoms with Crippen molar-refractivity contribution in [2.75, 3.05) is 33.4 Å². The highest BCUT2D eigenvalue weighted by molar-refractivity contribution is 14.0. The van der Waals surface area contributed by atoms with Crippen LogP contribution < -0.4 is 5.32 Å². The molecule has 6 nitrogen and oxygen atoms in total. The molecule has 7 heteroatoms. The Hall–Kier alpha value is -0.800. The van der Waals surface area contributed by atoms with E-state index in [2.05, 4.69) is 15.2 Å². The van der Waals surface area contributed by atoms with Gasteiger partial charge < -0.3 is 24.1 Å². The number of aliphatic imine (C=N–C) groups is 1. The number of nitrogens with one attached hydrogen (secondary N) is 1. The number of rotatable bonds is 3. The lowest BCUT2D eigenvalue weighted by Gasteiger charge is -2.37. The van der Waals surface area contributed by atoms with Gasteiger partial charge in [0.05, 0.1) is 25.5 Å². The van der Waals surface area contributed by atoms with E-state index in [1.54, 1.807) is 13.3 Å². The molecule has 0 spiro atoms. The van der Waals surface area contributed by atoms with E-state index in [-0.39, 0.29) is 36.2 Å². The number of furan rings is 1. The summed E-state index contributed by atoms with van der Waals surface area (Å²) in [5, 5.41) is 3.34. The van der Waals surface area contributed by atoms with Crippen molar-refractivity contribution in [3.8, 4) is 0 Å². The molecule has 3 heterocycles. The third kappa shape index (κ3) is 4.36. The Morgan fingerprint density at radius 3 is 2.91 bits per heavy atom. The molecule has 22 heavy (non-hydrogen) atoms. The van der Waals surface area contributed by atoms with E-state index in [0.717, 1.165) is 44.3 Å². The second-order valence-corrected chi connectivity index (χ2v) is 5.39. The Balaban J connectivity index is 0.00000176. The summed E-state index contributed by atoms with van der Waals surface area (Å²) < 4.78 is 17.0. The van der Waals surface area contributed by atoms with E-state index >= 15 is 0 Å². The van der Waals surface area contributed by atoms with E-state index < -0.39 is 0 Å². The number of halogens is 1. The van der Waals surface area contributed by atoms with Crippen LogP contribution in [-0.4, -0.2) is 56.4 Å². The molecule has 0 aliphatic carbocycles. The number of nitrogens with zero attached hydrogens (tertiary/aromatic N) is 2. The summed E-state index contributed by atoms with van der Waals surface area (Å²) in [7, 11) is 1.81. The van der Waals surface area contributed by atoms with Crippen molar-refractivity contribution in [3.05, 3.63) is 24.2 Å². The van der Waals surface area contributed by atoms with Crippen LogP contribution in [0, 0.1) is 0 Å². The Labute approximate surface area is 148 Å². The summed E-state index contributed by atoms with van der Waals surface area (Å²) in [6.07, 6.45) is 4.29. The zero-order chi connectivity index (χ0) is 14.5. The largest absolute Gasteiger partial charge is 0.467 e. The van der Waals surface area contributed by atoms with Crippen LogP contribution in [0.1, 0.15) is 18.6 Å². The first-order valence-electron chi connectivity index (χ1n) is 7.58. The van der Waals surface area contributed by atoms with Crippen LogP contribution in [0.25, 0.3) is 0 Å². The summed E-state index contributed by atoms with van der Waals surface area (Å²) in [6.45, 7) is 3.88. The van der Waals surface area contributed by atoms with Gasteiger partial charge in [0.15, 0.2) is 5.96 Å². The maximum Gasteiger partial charge on any atom is 0.194 e. The molecule has 2 fully saturated rings. The van der Waals surface area contributed by atoms with Crippen LogP contribution in [-0.2, 0) is 16.0 Å². The molecule has 124 valence electrons. The van der Waals surface area contributed by atoms with Gasteiger partial charge in [-0.2, -0.15) is 0 Å². The smallest absolute Gasteiger partial charge is 0.194 e. The minimum atomic E-state index is 0. The summed E-state index contributed by atoms with van der Waals surface area (Å²) in [4.78, 5) is 6.60. The van der Waals surface area contributed by atoms with Gasteiger partial charge in [0, 0.05) is 26.7 Å². The molecule has 0 aromatic carbocycles. The lowest BCUT2D eigenvalue weighted by atomic mass is 10.1. The molecule has 1 N–H and O–H groups in total. The number of hydrogen-bond donors (Lipinski definition) is 1. The molecular formula is C15H24IN3O3. The van der Waals surface area contributed by atoms with Crippen molar-refractivity contribution in [3.63, 3.8) is 0 Å². The zero-order valence-corrected chi connectivity index (χ0v) is 15.2. The van der Waals surface area contributed by atoms with Crippen molar-refractivity contribution >= 4 is 29.9 Å². The lowest BCUT2D eigenvalue weighted by Crippen LogP contribution is -2.53. The highest BCUT2D eigenvalue weighted by atomic mass is 127.